The minimum absolute atomic E-state index is 0.0181. The van der Waals surface area contributed by atoms with Crippen LogP contribution in [-0.2, 0) is 10.0 Å². The highest BCUT2D eigenvalue weighted by Crippen LogP contribution is 2.25. The second-order valence-electron chi connectivity index (χ2n) is 5.37. The van der Waals surface area contributed by atoms with Crippen LogP contribution >= 0.6 is 0 Å². The van der Waals surface area contributed by atoms with Crippen molar-refractivity contribution in [1.82, 2.24) is 4.72 Å². The lowest BCUT2D eigenvalue weighted by atomic mass is 9.90. The number of aliphatic hydroxyl groups is 1. The minimum Gasteiger partial charge on any atom is -0.495 e. The molecule has 0 bridgehead atoms. The van der Waals surface area contributed by atoms with Crippen LogP contribution in [0.5, 0.6) is 5.75 Å². The van der Waals surface area contributed by atoms with Crippen LogP contribution in [0.3, 0.4) is 0 Å². The molecule has 0 aliphatic heterocycles. The molecule has 0 saturated heterocycles. The molecule has 0 saturated carbocycles. The first-order chi connectivity index (χ1) is 9.22. The maximum absolute atomic E-state index is 12.2. The van der Waals surface area contributed by atoms with Crippen molar-refractivity contribution in [2.24, 2.45) is 5.41 Å². The Morgan fingerprint density at radius 2 is 2.05 bits per heavy atom. The van der Waals surface area contributed by atoms with E-state index in [4.69, 9.17) is 15.6 Å². The largest absolute Gasteiger partial charge is 0.495 e. The van der Waals surface area contributed by atoms with Gasteiger partial charge in [-0.2, -0.15) is 0 Å². The van der Waals surface area contributed by atoms with Crippen LogP contribution in [0.2, 0.25) is 0 Å². The summed E-state index contributed by atoms with van der Waals surface area (Å²) in [6, 6.07) is 4.32. The molecule has 1 aromatic carbocycles. The van der Waals surface area contributed by atoms with Crippen molar-refractivity contribution in [1.29, 1.82) is 0 Å². The number of hydrogen-bond acceptors (Lipinski definition) is 5. The van der Waals surface area contributed by atoms with Gasteiger partial charge in [-0.3, -0.25) is 0 Å². The zero-order valence-corrected chi connectivity index (χ0v) is 12.8. The monoisotopic (exact) mass is 302 g/mol. The zero-order valence-electron chi connectivity index (χ0n) is 12.0. The fourth-order valence-corrected chi connectivity index (χ4v) is 2.92. The number of nitrogens with two attached hydrogens (primary N) is 1. The zero-order chi connectivity index (χ0) is 15.4. The number of aliphatic hydroxyl groups excluding tert-OH is 1. The second-order valence-corrected chi connectivity index (χ2v) is 7.13. The van der Waals surface area contributed by atoms with Crippen molar-refractivity contribution in [3.8, 4) is 5.75 Å². The SMILES string of the molecule is COc1ccc(S(=O)(=O)NCC(C)(C)CCO)cc1N. The average Bonchev–Trinajstić information content (AvgIpc) is 2.36. The van der Waals surface area contributed by atoms with Crippen molar-refractivity contribution >= 4 is 15.7 Å². The third-order valence-corrected chi connectivity index (χ3v) is 4.44. The smallest absolute Gasteiger partial charge is 0.240 e. The molecule has 0 aliphatic carbocycles. The van der Waals surface area contributed by atoms with Gasteiger partial charge in [0.25, 0.3) is 0 Å². The summed E-state index contributed by atoms with van der Waals surface area (Å²) in [5.41, 5.74) is 5.66. The number of ether oxygens (including phenoxy) is 1. The summed E-state index contributed by atoms with van der Waals surface area (Å²) in [6.45, 7) is 4.02. The molecule has 1 rings (SSSR count). The van der Waals surface area contributed by atoms with Gasteiger partial charge in [0, 0.05) is 13.2 Å². The molecule has 0 unspecified atom stereocenters. The van der Waals surface area contributed by atoms with Gasteiger partial charge >= 0.3 is 0 Å². The number of methoxy groups -OCH3 is 1. The van der Waals surface area contributed by atoms with E-state index < -0.39 is 10.0 Å². The molecule has 0 aromatic heterocycles. The highest BCUT2D eigenvalue weighted by Gasteiger charge is 2.22. The van der Waals surface area contributed by atoms with Crippen LogP contribution in [0, 0.1) is 5.41 Å². The predicted molar refractivity (Wildman–Crippen MR) is 78.1 cm³/mol. The van der Waals surface area contributed by atoms with Gasteiger partial charge in [-0.15, -0.1) is 0 Å². The summed E-state index contributed by atoms with van der Waals surface area (Å²) in [4.78, 5) is 0.0931. The Kier molecular flexibility index (Phi) is 5.38. The first-order valence-corrected chi connectivity index (χ1v) is 7.74. The maximum Gasteiger partial charge on any atom is 0.240 e. The van der Waals surface area contributed by atoms with Crippen molar-refractivity contribution in [3.05, 3.63) is 18.2 Å². The van der Waals surface area contributed by atoms with E-state index in [1.54, 1.807) is 0 Å². The van der Waals surface area contributed by atoms with Crippen LogP contribution in [0.1, 0.15) is 20.3 Å². The van der Waals surface area contributed by atoms with Gasteiger partial charge in [0.2, 0.25) is 10.0 Å². The summed E-state index contributed by atoms with van der Waals surface area (Å²) < 4.78 is 31.9. The lowest BCUT2D eigenvalue weighted by molar-refractivity contribution is 0.213. The van der Waals surface area contributed by atoms with Gasteiger partial charge in [-0.1, -0.05) is 13.8 Å². The molecule has 7 heteroatoms. The number of nitrogen functional groups attached to an aromatic ring is 1. The molecule has 114 valence electrons. The Bertz CT molecular complexity index is 555. The van der Waals surface area contributed by atoms with E-state index in [1.165, 1.54) is 25.3 Å². The summed E-state index contributed by atoms with van der Waals surface area (Å²) in [5, 5.41) is 8.93. The maximum atomic E-state index is 12.2. The molecular formula is C13H22N2O4S. The van der Waals surface area contributed by atoms with Crippen LogP contribution < -0.4 is 15.2 Å². The molecule has 0 fully saturated rings. The Labute approximate surface area is 120 Å². The van der Waals surface area contributed by atoms with E-state index in [2.05, 4.69) is 4.72 Å². The molecule has 20 heavy (non-hydrogen) atoms. The topological polar surface area (TPSA) is 102 Å². The van der Waals surface area contributed by atoms with E-state index in [0.717, 1.165) is 0 Å². The molecule has 0 radical (unpaired) electrons. The number of nitrogens with one attached hydrogen (secondary N) is 1. The summed E-state index contributed by atoms with van der Waals surface area (Å²) in [6.07, 6.45) is 0.514. The Morgan fingerprint density at radius 3 is 2.55 bits per heavy atom. The number of sulfonamides is 1. The first-order valence-electron chi connectivity index (χ1n) is 6.26. The third-order valence-electron chi connectivity index (χ3n) is 3.04. The minimum atomic E-state index is -3.63. The predicted octanol–water partition coefficient (Wildman–Crippen LogP) is 0.964. The molecule has 0 aliphatic rings. The molecule has 0 heterocycles. The first kappa shape index (κ1) is 16.7. The van der Waals surface area contributed by atoms with Gasteiger partial charge in [-0.05, 0) is 30.0 Å². The van der Waals surface area contributed by atoms with E-state index >= 15 is 0 Å². The number of hydrogen-bond donors (Lipinski definition) is 3. The quantitative estimate of drug-likeness (QED) is 0.651. The average molecular weight is 302 g/mol. The molecule has 6 nitrogen and oxygen atoms in total. The molecule has 4 N–H and O–H groups in total. The number of anilines is 1. The Hall–Kier alpha value is -1.31. The van der Waals surface area contributed by atoms with E-state index in [-0.39, 0.29) is 29.1 Å². The highest BCUT2D eigenvalue weighted by atomic mass is 32.2. The normalized spacial score (nSPS) is 12.4. The fourth-order valence-electron chi connectivity index (χ4n) is 1.64. The van der Waals surface area contributed by atoms with Gasteiger partial charge in [0.1, 0.15) is 5.75 Å². The van der Waals surface area contributed by atoms with E-state index in [0.29, 0.717) is 12.2 Å². The molecule has 0 amide bonds. The van der Waals surface area contributed by atoms with Gasteiger partial charge < -0.3 is 15.6 Å². The van der Waals surface area contributed by atoms with E-state index in [1.807, 2.05) is 13.8 Å². The van der Waals surface area contributed by atoms with Gasteiger partial charge in [-0.25, -0.2) is 13.1 Å². The Balaban J connectivity index is 2.87. The van der Waals surface area contributed by atoms with Crippen molar-refractivity contribution in [2.45, 2.75) is 25.2 Å². The lowest BCUT2D eigenvalue weighted by Crippen LogP contribution is -2.34. The van der Waals surface area contributed by atoms with Crippen LogP contribution in [0.25, 0.3) is 0 Å². The highest BCUT2D eigenvalue weighted by molar-refractivity contribution is 7.89. The molecule has 0 spiro atoms. The standard InChI is InChI=1S/C13H22N2O4S/c1-13(2,6-7-16)9-15-20(17,18)10-4-5-12(19-3)11(14)8-10/h4-5,8,15-16H,6-7,9,14H2,1-3H3. The van der Waals surface area contributed by atoms with Gasteiger partial charge in [0.05, 0.1) is 17.7 Å². The summed E-state index contributed by atoms with van der Waals surface area (Å²) >= 11 is 0. The van der Waals surface area contributed by atoms with Crippen molar-refractivity contribution in [2.75, 3.05) is 26.0 Å². The second kappa shape index (κ2) is 6.43. The summed E-state index contributed by atoms with van der Waals surface area (Å²) in [7, 11) is -2.16. The molecule has 1 aromatic rings. The van der Waals surface area contributed by atoms with Crippen LogP contribution in [0.15, 0.2) is 23.1 Å². The van der Waals surface area contributed by atoms with Crippen LogP contribution in [0.4, 0.5) is 5.69 Å². The Morgan fingerprint density at radius 1 is 1.40 bits per heavy atom. The van der Waals surface area contributed by atoms with Gasteiger partial charge in [0.15, 0.2) is 0 Å². The molecular weight excluding hydrogens is 280 g/mol. The van der Waals surface area contributed by atoms with Crippen LogP contribution in [-0.4, -0.2) is 33.8 Å². The fraction of sp³-hybridized carbons (Fsp3) is 0.538. The van der Waals surface area contributed by atoms with E-state index in [9.17, 15) is 8.42 Å². The summed E-state index contributed by atoms with van der Waals surface area (Å²) in [5.74, 6) is 0.435. The molecule has 0 atom stereocenters. The third kappa shape index (κ3) is 4.36. The lowest BCUT2D eigenvalue weighted by Gasteiger charge is -2.23. The number of rotatable bonds is 7. The van der Waals surface area contributed by atoms with Crippen molar-refractivity contribution in [3.63, 3.8) is 0 Å². The number of benzene rings is 1. The van der Waals surface area contributed by atoms with Crippen molar-refractivity contribution < 1.29 is 18.3 Å².